The molecule has 2 aromatic carbocycles. The summed E-state index contributed by atoms with van der Waals surface area (Å²) in [5.74, 6) is 0.238. The number of nitrogens with two attached hydrogens (primary N) is 1. The van der Waals surface area contributed by atoms with Crippen LogP contribution in [0.2, 0.25) is 0 Å². The van der Waals surface area contributed by atoms with Crippen molar-refractivity contribution in [3.63, 3.8) is 0 Å². The van der Waals surface area contributed by atoms with Crippen LogP contribution in [0.1, 0.15) is 11.1 Å². The van der Waals surface area contributed by atoms with Crippen LogP contribution in [0.5, 0.6) is 11.5 Å². The van der Waals surface area contributed by atoms with Gasteiger partial charge in [0, 0.05) is 0 Å². The van der Waals surface area contributed by atoms with E-state index in [2.05, 4.69) is 10.5 Å². The second kappa shape index (κ2) is 9.07. The van der Waals surface area contributed by atoms with E-state index in [-0.39, 0.29) is 19.1 Å². The van der Waals surface area contributed by atoms with Gasteiger partial charge in [-0.2, -0.15) is 5.10 Å². The summed E-state index contributed by atoms with van der Waals surface area (Å²) in [6, 6.07) is 14.2. The van der Waals surface area contributed by atoms with Crippen LogP contribution in [0.3, 0.4) is 0 Å². The molecule has 0 spiro atoms. The first-order chi connectivity index (χ1) is 12.0. The Labute approximate surface area is 145 Å². The number of hydrogen-bond acceptors (Lipinski definition) is 5. The number of ether oxygens (including phenoxy) is 2. The van der Waals surface area contributed by atoms with Gasteiger partial charge in [-0.25, -0.2) is 5.43 Å². The number of hydrogen-bond donors (Lipinski definition) is 2. The van der Waals surface area contributed by atoms with Gasteiger partial charge in [0.25, 0.3) is 11.8 Å². The molecule has 7 heteroatoms. The zero-order valence-electron chi connectivity index (χ0n) is 13.8. The highest BCUT2D eigenvalue weighted by atomic mass is 16.5. The van der Waals surface area contributed by atoms with E-state index in [1.54, 1.807) is 36.4 Å². The van der Waals surface area contributed by atoms with Gasteiger partial charge in [-0.05, 0) is 48.9 Å². The minimum atomic E-state index is -0.541. The van der Waals surface area contributed by atoms with Crippen molar-refractivity contribution in [2.24, 2.45) is 10.8 Å². The molecule has 2 amide bonds. The summed E-state index contributed by atoms with van der Waals surface area (Å²) in [7, 11) is 0. The summed E-state index contributed by atoms with van der Waals surface area (Å²) < 4.78 is 10.5. The standard InChI is InChI=1S/C18H19N3O4/c1-13-2-6-15(7-3-13)25-12-18(23)21-20-10-14-4-8-16(9-5-14)24-11-17(19)22/h2-10H,11-12H2,1H3,(H2,19,22)(H,21,23). The summed E-state index contributed by atoms with van der Waals surface area (Å²) in [6.07, 6.45) is 1.49. The molecular formula is C18H19N3O4. The number of amides is 2. The number of carbonyl (C=O) groups is 2. The third-order valence-electron chi connectivity index (χ3n) is 3.05. The maximum atomic E-state index is 11.7. The molecule has 0 bridgehead atoms. The van der Waals surface area contributed by atoms with E-state index in [0.29, 0.717) is 11.5 Å². The average molecular weight is 341 g/mol. The highest BCUT2D eigenvalue weighted by molar-refractivity contribution is 5.83. The molecule has 7 nitrogen and oxygen atoms in total. The topological polar surface area (TPSA) is 103 Å². The number of nitrogens with one attached hydrogen (secondary N) is 1. The fourth-order valence-corrected chi connectivity index (χ4v) is 1.80. The summed E-state index contributed by atoms with van der Waals surface area (Å²) in [6.45, 7) is 1.67. The van der Waals surface area contributed by atoms with Gasteiger partial charge < -0.3 is 15.2 Å². The Morgan fingerprint density at radius 1 is 1.00 bits per heavy atom. The molecule has 0 aliphatic carbocycles. The number of nitrogens with zero attached hydrogens (tertiary/aromatic N) is 1. The molecule has 2 aromatic rings. The third-order valence-corrected chi connectivity index (χ3v) is 3.05. The molecule has 0 aliphatic heterocycles. The molecule has 0 radical (unpaired) electrons. The van der Waals surface area contributed by atoms with E-state index in [0.717, 1.165) is 11.1 Å². The van der Waals surface area contributed by atoms with E-state index >= 15 is 0 Å². The molecule has 130 valence electrons. The van der Waals surface area contributed by atoms with Crippen LogP contribution >= 0.6 is 0 Å². The van der Waals surface area contributed by atoms with Crippen LogP contribution in [0, 0.1) is 6.92 Å². The maximum Gasteiger partial charge on any atom is 0.277 e. The van der Waals surface area contributed by atoms with Crippen LogP contribution in [0.15, 0.2) is 53.6 Å². The van der Waals surface area contributed by atoms with E-state index in [9.17, 15) is 9.59 Å². The van der Waals surface area contributed by atoms with Gasteiger partial charge in [-0.15, -0.1) is 0 Å². The summed E-state index contributed by atoms with van der Waals surface area (Å²) >= 11 is 0. The lowest BCUT2D eigenvalue weighted by Gasteiger charge is -2.05. The normalized spacial score (nSPS) is 10.4. The second-order valence-electron chi connectivity index (χ2n) is 5.22. The number of carbonyl (C=O) groups excluding carboxylic acids is 2. The molecule has 0 unspecified atom stereocenters. The molecule has 3 N–H and O–H groups in total. The predicted molar refractivity (Wildman–Crippen MR) is 93.5 cm³/mol. The average Bonchev–Trinajstić information content (AvgIpc) is 2.60. The van der Waals surface area contributed by atoms with Crippen LogP contribution in [-0.2, 0) is 9.59 Å². The Kier molecular flexibility index (Phi) is 6.53. The molecule has 2 rings (SSSR count). The van der Waals surface area contributed by atoms with Gasteiger partial charge in [-0.3, -0.25) is 9.59 Å². The Morgan fingerprint density at radius 2 is 1.56 bits per heavy atom. The van der Waals surface area contributed by atoms with Crippen molar-refractivity contribution in [2.75, 3.05) is 13.2 Å². The lowest BCUT2D eigenvalue weighted by molar-refractivity contribution is -0.123. The monoisotopic (exact) mass is 341 g/mol. The van der Waals surface area contributed by atoms with Crippen LogP contribution < -0.4 is 20.6 Å². The molecule has 0 aromatic heterocycles. The molecule has 0 saturated heterocycles. The quantitative estimate of drug-likeness (QED) is 0.559. The Hall–Kier alpha value is -3.35. The summed E-state index contributed by atoms with van der Waals surface area (Å²) in [5, 5.41) is 3.85. The molecule has 0 saturated carbocycles. The van der Waals surface area contributed by atoms with Crippen molar-refractivity contribution >= 4 is 18.0 Å². The van der Waals surface area contributed by atoms with Crippen molar-refractivity contribution in [3.05, 3.63) is 59.7 Å². The maximum absolute atomic E-state index is 11.7. The molecule has 0 aliphatic rings. The fraction of sp³-hybridized carbons (Fsp3) is 0.167. The Morgan fingerprint density at radius 3 is 2.16 bits per heavy atom. The van der Waals surface area contributed by atoms with Gasteiger partial charge in [0.05, 0.1) is 6.21 Å². The highest BCUT2D eigenvalue weighted by Gasteiger charge is 2.01. The van der Waals surface area contributed by atoms with Crippen molar-refractivity contribution in [2.45, 2.75) is 6.92 Å². The Balaban J connectivity index is 1.74. The van der Waals surface area contributed by atoms with Gasteiger partial charge >= 0.3 is 0 Å². The number of primary amides is 1. The summed E-state index contributed by atoms with van der Waals surface area (Å²) in [4.78, 5) is 22.3. The first-order valence-electron chi connectivity index (χ1n) is 7.55. The molecule has 0 fully saturated rings. The van der Waals surface area contributed by atoms with E-state index in [1.807, 2.05) is 19.1 Å². The first kappa shape index (κ1) is 18.0. The lowest BCUT2D eigenvalue weighted by Crippen LogP contribution is -2.24. The van der Waals surface area contributed by atoms with Crippen LogP contribution in [0.4, 0.5) is 0 Å². The van der Waals surface area contributed by atoms with Gasteiger partial charge in [0.1, 0.15) is 11.5 Å². The minimum Gasteiger partial charge on any atom is -0.484 e. The predicted octanol–water partition coefficient (Wildman–Crippen LogP) is 1.39. The molecule has 0 heterocycles. The van der Waals surface area contributed by atoms with Crippen molar-refractivity contribution in [1.29, 1.82) is 0 Å². The van der Waals surface area contributed by atoms with E-state index < -0.39 is 5.91 Å². The van der Waals surface area contributed by atoms with E-state index in [1.165, 1.54) is 6.21 Å². The van der Waals surface area contributed by atoms with Crippen molar-refractivity contribution in [3.8, 4) is 11.5 Å². The smallest absolute Gasteiger partial charge is 0.277 e. The molecular weight excluding hydrogens is 322 g/mol. The lowest BCUT2D eigenvalue weighted by atomic mass is 10.2. The van der Waals surface area contributed by atoms with Crippen LogP contribution in [-0.4, -0.2) is 31.2 Å². The van der Waals surface area contributed by atoms with Crippen molar-refractivity contribution < 1.29 is 19.1 Å². The number of aryl methyl sites for hydroxylation is 1. The van der Waals surface area contributed by atoms with Crippen LogP contribution in [0.25, 0.3) is 0 Å². The zero-order valence-corrected chi connectivity index (χ0v) is 13.8. The third kappa shape index (κ3) is 6.74. The number of hydrazone groups is 1. The largest absolute Gasteiger partial charge is 0.484 e. The second-order valence-corrected chi connectivity index (χ2v) is 5.22. The Bertz CT molecular complexity index is 740. The minimum absolute atomic E-state index is 0.125. The van der Waals surface area contributed by atoms with Gasteiger partial charge in [0.2, 0.25) is 0 Å². The van der Waals surface area contributed by atoms with Crippen molar-refractivity contribution in [1.82, 2.24) is 5.43 Å². The van der Waals surface area contributed by atoms with Gasteiger partial charge in [0.15, 0.2) is 13.2 Å². The fourth-order valence-electron chi connectivity index (χ4n) is 1.80. The molecule has 25 heavy (non-hydrogen) atoms. The SMILES string of the molecule is Cc1ccc(OCC(=O)NN=Cc2ccc(OCC(N)=O)cc2)cc1. The highest BCUT2D eigenvalue weighted by Crippen LogP contribution is 2.11. The van der Waals surface area contributed by atoms with E-state index in [4.69, 9.17) is 15.2 Å². The summed E-state index contributed by atoms with van der Waals surface area (Å²) in [5.41, 5.74) is 9.25. The first-order valence-corrected chi connectivity index (χ1v) is 7.55. The van der Waals surface area contributed by atoms with Gasteiger partial charge in [-0.1, -0.05) is 17.7 Å². The molecule has 0 atom stereocenters. The number of benzene rings is 2. The number of rotatable bonds is 8. The zero-order chi connectivity index (χ0) is 18.1.